The number of amides is 1. The molecule has 8 heteroatoms. The largest absolute Gasteiger partial charge is 0.437 e. The minimum absolute atomic E-state index is 0.230. The first-order valence-electron chi connectivity index (χ1n) is 13.7. The van der Waals surface area contributed by atoms with Crippen LogP contribution < -0.4 is 5.32 Å². The number of carbonyl (C=O) groups excluding carboxylic acids is 1. The number of rotatable bonds is 12. The summed E-state index contributed by atoms with van der Waals surface area (Å²) in [4.78, 5) is 18.0. The molecule has 1 amide bonds. The van der Waals surface area contributed by atoms with E-state index >= 15 is 0 Å². The topological polar surface area (TPSA) is 95.7 Å². The lowest BCUT2D eigenvalue weighted by Gasteiger charge is -2.18. The fraction of sp³-hybridized carbons (Fsp3) is 0.355. The van der Waals surface area contributed by atoms with Gasteiger partial charge in [0.1, 0.15) is 5.76 Å². The Hall–Kier alpha value is -3.33. The second kappa shape index (κ2) is 12.2. The Morgan fingerprint density at radius 2 is 1.82 bits per heavy atom. The Kier molecular flexibility index (Phi) is 8.55. The summed E-state index contributed by atoms with van der Waals surface area (Å²) in [6.07, 6.45) is 5.78. The molecular weight excluding hydrogens is 510 g/mol. The summed E-state index contributed by atoms with van der Waals surface area (Å²) in [6, 6.07) is 20.4. The number of carbonyl (C=O) groups is 1. The molecule has 2 heterocycles. The number of nitrogens with one attached hydrogen (secondary N) is 1. The van der Waals surface area contributed by atoms with E-state index in [4.69, 9.17) is 9.40 Å². The molecule has 2 N–H and O–H groups in total. The molecule has 1 saturated carbocycles. The van der Waals surface area contributed by atoms with Crippen molar-refractivity contribution in [3.8, 4) is 11.3 Å². The number of benzene rings is 2. The Bertz CT molecular complexity index is 1460. The number of pyridine rings is 1. The second-order valence-electron chi connectivity index (χ2n) is 10.2. The molecule has 2 aromatic carbocycles. The quantitative estimate of drug-likeness (QED) is 0.158. The first kappa shape index (κ1) is 27.2. The third-order valence-electron chi connectivity index (χ3n) is 7.29. The van der Waals surface area contributed by atoms with E-state index < -0.39 is 11.3 Å². The number of hydrogen-bond acceptors (Lipinski definition) is 4. The lowest BCUT2D eigenvalue weighted by Crippen LogP contribution is -2.27. The Morgan fingerprint density at radius 3 is 2.46 bits per heavy atom. The van der Waals surface area contributed by atoms with Crippen molar-refractivity contribution < 1.29 is 18.0 Å². The molecule has 7 nitrogen and oxygen atoms in total. The van der Waals surface area contributed by atoms with Crippen molar-refractivity contribution in [2.75, 3.05) is 13.6 Å². The lowest BCUT2D eigenvalue weighted by atomic mass is 9.99. The van der Waals surface area contributed by atoms with Crippen LogP contribution in [0.1, 0.15) is 77.7 Å². The third kappa shape index (κ3) is 6.30. The van der Waals surface area contributed by atoms with Crippen LogP contribution in [-0.2, 0) is 24.2 Å². The van der Waals surface area contributed by atoms with Gasteiger partial charge in [0.05, 0.1) is 23.2 Å². The van der Waals surface area contributed by atoms with Gasteiger partial charge in [0.15, 0.2) is 0 Å². The van der Waals surface area contributed by atoms with E-state index in [1.165, 1.54) is 11.1 Å². The van der Waals surface area contributed by atoms with Crippen LogP contribution in [0.5, 0.6) is 0 Å². The zero-order chi connectivity index (χ0) is 27.4. The van der Waals surface area contributed by atoms with Gasteiger partial charge in [-0.05, 0) is 54.4 Å². The standard InChI is InChI=1S/C31H35N3O4S/c1-3-4-8-17-34(39(36)37)20-27-25(23-15-16-23)19-26-28(30(35)32-2)29(38-31(26)33-27)24-13-11-22(12-14-24)18-21-9-6-5-7-10-21/h5-7,9-14,19,23H,3-4,8,15-18,20H2,1-2H3,(H,32,35)(H,36,37). The predicted molar refractivity (Wildman–Crippen MR) is 155 cm³/mol. The number of unbranched alkanes of at least 4 members (excludes halogenated alkanes) is 2. The highest BCUT2D eigenvalue weighted by Gasteiger charge is 2.31. The molecule has 1 fully saturated rings. The monoisotopic (exact) mass is 545 g/mol. The van der Waals surface area contributed by atoms with Crippen molar-refractivity contribution in [1.82, 2.24) is 14.6 Å². The Balaban J connectivity index is 1.52. The van der Waals surface area contributed by atoms with Crippen LogP contribution >= 0.6 is 0 Å². The van der Waals surface area contributed by atoms with E-state index in [0.29, 0.717) is 34.9 Å². The summed E-state index contributed by atoms with van der Waals surface area (Å²) < 4.78 is 29.9. The molecule has 0 aliphatic heterocycles. The zero-order valence-electron chi connectivity index (χ0n) is 22.5. The van der Waals surface area contributed by atoms with E-state index in [1.54, 1.807) is 11.4 Å². The van der Waals surface area contributed by atoms with Crippen molar-refractivity contribution >= 4 is 28.3 Å². The molecular formula is C31H35N3O4S. The molecule has 1 aliphatic rings. The maximum absolute atomic E-state index is 13.1. The van der Waals surface area contributed by atoms with Crippen molar-refractivity contribution in [1.29, 1.82) is 0 Å². The number of nitrogens with zero attached hydrogens (tertiary/aromatic N) is 2. The van der Waals surface area contributed by atoms with Crippen LogP contribution in [0.4, 0.5) is 0 Å². The van der Waals surface area contributed by atoms with Gasteiger partial charge >= 0.3 is 0 Å². The van der Waals surface area contributed by atoms with Gasteiger partial charge in [-0.2, -0.15) is 4.31 Å². The molecule has 0 radical (unpaired) electrons. The van der Waals surface area contributed by atoms with Crippen molar-refractivity contribution in [3.63, 3.8) is 0 Å². The summed E-state index contributed by atoms with van der Waals surface area (Å²) in [5.41, 5.74) is 5.81. The van der Waals surface area contributed by atoms with Crippen LogP contribution in [0, 0.1) is 0 Å². The summed E-state index contributed by atoms with van der Waals surface area (Å²) >= 11 is -2.10. The van der Waals surface area contributed by atoms with Crippen LogP contribution in [0.2, 0.25) is 0 Å². The van der Waals surface area contributed by atoms with Gasteiger partial charge in [-0.1, -0.05) is 74.4 Å². The van der Waals surface area contributed by atoms with Gasteiger partial charge in [0.2, 0.25) is 17.0 Å². The molecule has 4 aromatic rings. The summed E-state index contributed by atoms with van der Waals surface area (Å²) in [5, 5.41) is 3.43. The van der Waals surface area contributed by atoms with E-state index in [9.17, 15) is 13.6 Å². The molecule has 0 bridgehead atoms. The average molecular weight is 546 g/mol. The van der Waals surface area contributed by atoms with E-state index in [-0.39, 0.29) is 12.5 Å². The third-order valence-corrected chi connectivity index (χ3v) is 8.05. The lowest BCUT2D eigenvalue weighted by molar-refractivity contribution is 0.0964. The molecule has 2 aromatic heterocycles. The van der Waals surface area contributed by atoms with E-state index in [2.05, 4.69) is 36.5 Å². The zero-order valence-corrected chi connectivity index (χ0v) is 23.3. The summed E-state index contributed by atoms with van der Waals surface area (Å²) in [6.45, 7) is 2.88. The minimum Gasteiger partial charge on any atom is -0.437 e. The smallest absolute Gasteiger partial charge is 0.255 e. The molecule has 204 valence electrons. The minimum atomic E-state index is -2.10. The number of fused-ring (bicyclic) bond motifs is 1. The van der Waals surface area contributed by atoms with Gasteiger partial charge in [-0.15, -0.1) is 0 Å². The van der Waals surface area contributed by atoms with Gasteiger partial charge in [0.25, 0.3) is 5.91 Å². The van der Waals surface area contributed by atoms with Crippen LogP contribution in [-0.4, -0.2) is 37.6 Å². The first-order chi connectivity index (χ1) is 19.0. The molecule has 1 atom stereocenters. The van der Waals surface area contributed by atoms with Crippen molar-refractivity contribution in [3.05, 3.63) is 88.6 Å². The van der Waals surface area contributed by atoms with Gasteiger partial charge in [0, 0.05) is 19.2 Å². The van der Waals surface area contributed by atoms with Crippen molar-refractivity contribution in [2.45, 2.75) is 57.9 Å². The second-order valence-corrected chi connectivity index (χ2v) is 11.2. The first-order valence-corrected chi connectivity index (χ1v) is 14.7. The molecule has 39 heavy (non-hydrogen) atoms. The summed E-state index contributed by atoms with van der Waals surface area (Å²) in [7, 11) is 1.61. The fourth-order valence-electron chi connectivity index (χ4n) is 5.03. The maximum Gasteiger partial charge on any atom is 0.255 e. The number of hydrogen-bond donors (Lipinski definition) is 2. The Morgan fingerprint density at radius 1 is 1.10 bits per heavy atom. The van der Waals surface area contributed by atoms with Crippen molar-refractivity contribution in [2.24, 2.45) is 0 Å². The van der Waals surface area contributed by atoms with Crippen LogP contribution in [0.15, 0.2) is 65.1 Å². The van der Waals surface area contributed by atoms with Gasteiger partial charge in [-0.25, -0.2) is 9.19 Å². The van der Waals surface area contributed by atoms with Crippen LogP contribution in [0.25, 0.3) is 22.4 Å². The maximum atomic E-state index is 13.1. The van der Waals surface area contributed by atoms with Crippen LogP contribution in [0.3, 0.4) is 0 Å². The number of furan rings is 1. The Labute approximate surface area is 232 Å². The van der Waals surface area contributed by atoms with Gasteiger partial charge < -0.3 is 9.73 Å². The highest BCUT2D eigenvalue weighted by Crippen LogP contribution is 2.44. The summed E-state index contributed by atoms with van der Waals surface area (Å²) in [5.74, 6) is 0.591. The average Bonchev–Trinajstić information content (AvgIpc) is 3.73. The predicted octanol–water partition coefficient (Wildman–Crippen LogP) is 6.45. The van der Waals surface area contributed by atoms with E-state index in [0.717, 1.165) is 55.3 Å². The fourth-order valence-corrected chi connectivity index (χ4v) is 5.54. The molecule has 1 unspecified atom stereocenters. The molecule has 1 aliphatic carbocycles. The number of aromatic nitrogens is 1. The molecule has 0 saturated heterocycles. The van der Waals surface area contributed by atoms with E-state index in [1.807, 2.05) is 36.4 Å². The molecule has 0 spiro atoms. The molecule has 5 rings (SSSR count). The normalized spacial score (nSPS) is 14.2. The highest BCUT2D eigenvalue weighted by molar-refractivity contribution is 7.76. The highest BCUT2D eigenvalue weighted by atomic mass is 32.2. The SMILES string of the molecule is CCCCCN(Cc1nc2oc(-c3ccc(Cc4ccccc4)cc3)c(C(=O)NC)c2cc1C1CC1)S(=O)O. The van der Waals surface area contributed by atoms with Gasteiger partial charge in [-0.3, -0.25) is 9.35 Å².